The monoisotopic (exact) mass is 448 g/mol. The minimum Gasteiger partial charge on any atom is -0.311 e. The Morgan fingerprint density at radius 2 is 1.78 bits per heavy atom. The smallest absolute Gasteiger partial charge is 0.229 e. The summed E-state index contributed by atoms with van der Waals surface area (Å²) < 4.78 is 2.02. The van der Waals surface area contributed by atoms with Crippen LogP contribution in [0.15, 0.2) is 54.7 Å². The lowest BCUT2D eigenvalue weighted by atomic mass is 10.1. The number of rotatable bonds is 7. The molecule has 3 aromatic rings. The number of nitrogens with one attached hydrogen (secondary N) is 1. The highest BCUT2D eigenvalue weighted by molar-refractivity contribution is 7.12. The molecule has 0 unspecified atom stereocenters. The molecule has 1 aliphatic heterocycles. The van der Waals surface area contributed by atoms with Crippen LogP contribution >= 0.6 is 11.3 Å². The first-order chi connectivity index (χ1) is 15.7. The number of hydrogen-bond acceptors (Lipinski definition) is 4. The van der Waals surface area contributed by atoms with Gasteiger partial charge in [-0.25, -0.2) is 4.68 Å². The van der Waals surface area contributed by atoms with Crippen LogP contribution in [0.5, 0.6) is 0 Å². The van der Waals surface area contributed by atoms with E-state index in [1.54, 1.807) is 11.1 Å². The maximum absolute atomic E-state index is 12.5. The first-order valence-corrected chi connectivity index (χ1v) is 12.7. The van der Waals surface area contributed by atoms with Crippen LogP contribution in [0, 0.1) is 0 Å². The van der Waals surface area contributed by atoms with Gasteiger partial charge in [0.25, 0.3) is 0 Å². The number of nitrogens with zero attached hydrogens (tertiary/aromatic N) is 3. The second kappa shape index (κ2) is 10.0. The molecule has 0 bridgehead atoms. The summed E-state index contributed by atoms with van der Waals surface area (Å²) in [6.45, 7) is 3.20. The highest BCUT2D eigenvalue weighted by Gasteiger charge is 2.24. The topological polar surface area (TPSA) is 50.2 Å². The molecule has 1 saturated carbocycles. The van der Waals surface area contributed by atoms with E-state index in [0.29, 0.717) is 12.5 Å². The largest absolute Gasteiger partial charge is 0.311 e. The van der Waals surface area contributed by atoms with Crippen molar-refractivity contribution in [3.8, 4) is 0 Å². The highest BCUT2D eigenvalue weighted by atomic mass is 32.1. The quantitative estimate of drug-likeness (QED) is 0.510. The van der Waals surface area contributed by atoms with Crippen molar-refractivity contribution in [3.05, 3.63) is 70.0 Å². The van der Waals surface area contributed by atoms with Gasteiger partial charge >= 0.3 is 0 Å². The highest BCUT2D eigenvalue weighted by Crippen LogP contribution is 2.38. The molecule has 0 atom stereocenters. The first-order valence-electron chi connectivity index (χ1n) is 11.9. The van der Waals surface area contributed by atoms with E-state index in [4.69, 9.17) is 0 Å². The van der Waals surface area contributed by atoms with Crippen LogP contribution in [0.1, 0.15) is 65.8 Å². The summed E-state index contributed by atoms with van der Waals surface area (Å²) >= 11 is 2.03. The molecular weight excluding hydrogens is 416 g/mol. The number of likely N-dealkylation sites (tertiary alicyclic amines) is 1. The van der Waals surface area contributed by atoms with Gasteiger partial charge in [-0.15, -0.1) is 11.3 Å². The Labute approximate surface area is 194 Å². The fourth-order valence-electron chi connectivity index (χ4n) is 5.12. The second-order valence-electron chi connectivity index (χ2n) is 9.16. The van der Waals surface area contributed by atoms with Crippen molar-refractivity contribution in [1.29, 1.82) is 0 Å². The van der Waals surface area contributed by atoms with Crippen molar-refractivity contribution >= 4 is 23.1 Å². The van der Waals surface area contributed by atoms with E-state index < -0.39 is 0 Å². The van der Waals surface area contributed by atoms with Crippen LogP contribution in [0.25, 0.3) is 0 Å². The zero-order chi connectivity index (χ0) is 21.8. The van der Waals surface area contributed by atoms with Gasteiger partial charge in [-0.05, 0) is 49.3 Å². The zero-order valence-electron chi connectivity index (χ0n) is 18.6. The fourth-order valence-corrected chi connectivity index (χ4v) is 6.35. The fraction of sp³-hybridized carbons (Fsp3) is 0.462. The molecule has 2 aromatic heterocycles. The van der Waals surface area contributed by atoms with Crippen molar-refractivity contribution in [1.82, 2.24) is 14.7 Å². The molecule has 1 aromatic carbocycles. The van der Waals surface area contributed by atoms with Crippen molar-refractivity contribution in [2.45, 2.75) is 63.5 Å². The number of carbonyl (C=O) groups excluding carboxylic acids is 1. The summed E-state index contributed by atoms with van der Waals surface area (Å²) in [6, 6.07) is 16.8. The van der Waals surface area contributed by atoms with Crippen LogP contribution in [0.3, 0.4) is 0 Å². The maximum atomic E-state index is 12.5. The molecule has 168 valence electrons. The first kappa shape index (κ1) is 21.4. The Morgan fingerprint density at radius 3 is 2.56 bits per heavy atom. The van der Waals surface area contributed by atoms with E-state index in [2.05, 4.69) is 27.4 Å². The number of benzene rings is 1. The van der Waals surface area contributed by atoms with Crippen molar-refractivity contribution in [3.63, 3.8) is 0 Å². The Morgan fingerprint density at radius 1 is 1.00 bits per heavy atom. The van der Waals surface area contributed by atoms with Crippen LogP contribution in [0.2, 0.25) is 0 Å². The molecule has 2 aliphatic rings. The number of carbonyl (C=O) groups is 1. The lowest BCUT2D eigenvalue weighted by Crippen LogP contribution is -2.34. The van der Waals surface area contributed by atoms with Gasteiger partial charge in [0, 0.05) is 35.5 Å². The van der Waals surface area contributed by atoms with E-state index in [1.165, 1.54) is 30.6 Å². The predicted octanol–water partition coefficient (Wildman–Crippen LogP) is 5.62. The Kier molecular flexibility index (Phi) is 6.69. The average Bonchev–Trinajstić information content (AvgIpc) is 3.57. The Bertz CT molecular complexity index is 1010. The minimum atomic E-state index is 0.00569. The lowest BCUT2D eigenvalue weighted by Gasteiger charge is -2.32. The van der Waals surface area contributed by atoms with Gasteiger partial charge in [-0.3, -0.25) is 9.69 Å². The summed E-state index contributed by atoms with van der Waals surface area (Å²) in [5, 5.41) is 7.61. The third-order valence-corrected chi connectivity index (χ3v) is 8.10. The third-order valence-electron chi connectivity index (χ3n) is 6.87. The summed E-state index contributed by atoms with van der Waals surface area (Å²) in [7, 11) is 0. The molecule has 5 rings (SSSR count). The van der Waals surface area contributed by atoms with Crippen LogP contribution in [-0.4, -0.2) is 33.7 Å². The van der Waals surface area contributed by atoms with Gasteiger partial charge in [0.15, 0.2) is 0 Å². The van der Waals surface area contributed by atoms with Gasteiger partial charge in [-0.1, -0.05) is 43.2 Å². The number of piperidine rings is 1. The molecule has 2 fully saturated rings. The normalized spacial score (nSPS) is 18.2. The summed E-state index contributed by atoms with van der Waals surface area (Å²) in [4.78, 5) is 18.2. The minimum absolute atomic E-state index is 0.00569. The van der Waals surface area contributed by atoms with Gasteiger partial charge < -0.3 is 5.32 Å². The van der Waals surface area contributed by atoms with Crippen molar-refractivity contribution < 1.29 is 4.79 Å². The number of amides is 1. The van der Waals surface area contributed by atoms with Crippen molar-refractivity contribution in [2.24, 2.45) is 0 Å². The molecule has 1 N–H and O–H groups in total. The van der Waals surface area contributed by atoms with Crippen LogP contribution in [0.4, 0.5) is 5.82 Å². The van der Waals surface area contributed by atoms with E-state index in [9.17, 15) is 4.79 Å². The molecule has 6 heteroatoms. The number of hydrogen-bond donors (Lipinski definition) is 1. The molecule has 1 amide bonds. The van der Waals surface area contributed by atoms with Crippen LogP contribution < -0.4 is 5.32 Å². The standard InChI is InChI=1S/C26H32N4OS/c31-26(18-20-6-2-1-3-7-20)28-25-12-15-27-30(25)22-13-16-29(17-14-22)19-23-10-11-24(32-23)21-8-4-5-9-21/h1-3,6-7,10-12,15,21-22H,4-5,8-9,13-14,16-19H2,(H,28,31). The SMILES string of the molecule is O=C(Cc1ccccc1)Nc1ccnn1C1CCN(Cc2ccc(C3CCCC3)s2)CC1. The molecule has 3 heterocycles. The van der Waals surface area contributed by atoms with Gasteiger partial charge in [0.1, 0.15) is 5.82 Å². The lowest BCUT2D eigenvalue weighted by molar-refractivity contribution is -0.115. The predicted molar refractivity (Wildman–Crippen MR) is 130 cm³/mol. The Balaban J connectivity index is 1.13. The molecule has 0 radical (unpaired) electrons. The summed E-state index contributed by atoms with van der Waals surface area (Å²) in [6.07, 6.45) is 9.84. The summed E-state index contributed by atoms with van der Waals surface area (Å²) in [5.41, 5.74) is 1.02. The van der Waals surface area contributed by atoms with Crippen molar-refractivity contribution in [2.75, 3.05) is 18.4 Å². The molecule has 1 saturated heterocycles. The average molecular weight is 449 g/mol. The molecule has 5 nitrogen and oxygen atoms in total. The van der Waals surface area contributed by atoms with E-state index >= 15 is 0 Å². The number of thiophene rings is 1. The molecule has 0 spiro atoms. The maximum Gasteiger partial charge on any atom is 0.229 e. The van der Waals surface area contributed by atoms with E-state index in [1.807, 2.05) is 52.4 Å². The van der Waals surface area contributed by atoms with E-state index in [-0.39, 0.29) is 5.91 Å². The summed E-state index contributed by atoms with van der Waals surface area (Å²) in [5.74, 6) is 1.63. The Hall–Kier alpha value is -2.44. The van der Waals surface area contributed by atoms with Crippen LogP contribution in [-0.2, 0) is 17.8 Å². The number of aromatic nitrogens is 2. The van der Waals surface area contributed by atoms with Gasteiger partial charge in [-0.2, -0.15) is 5.10 Å². The third kappa shape index (κ3) is 5.13. The van der Waals surface area contributed by atoms with Gasteiger partial charge in [0.2, 0.25) is 5.91 Å². The van der Waals surface area contributed by atoms with Gasteiger partial charge in [0.05, 0.1) is 18.7 Å². The molecule has 32 heavy (non-hydrogen) atoms. The zero-order valence-corrected chi connectivity index (χ0v) is 19.4. The molecular formula is C26H32N4OS. The van der Waals surface area contributed by atoms with E-state index in [0.717, 1.165) is 49.8 Å². The second-order valence-corrected chi connectivity index (χ2v) is 10.4. The number of anilines is 1. The molecule has 1 aliphatic carbocycles.